The van der Waals surface area contributed by atoms with Gasteiger partial charge in [0, 0.05) is 7.05 Å². The van der Waals surface area contributed by atoms with Crippen LogP contribution in [0.3, 0.4) is 0 Å². The first-order valence-corrected chi connectivity index (χ1v) is 10.7. The molecule has 0 aliphatic rings. The first-order chi connectivity index (χ1) is 16.9. The molecule has 3 aromatic heterocycles. The van der Waals surface area contributed by atoms with Crippen molar-refractivity contribution in [3.8, 4) is 11.6 Å². The van der Waals surface area contributed by atoms with E-state index in [9.17, 15) is 14.7 Å². The second kappa shape index (κ2) is 10.4. The standard InChI is InChI=1S/C18H17N11O5S/c1-28-9-21-24-18(28)35-8-12-14(22-27-29(12)16-15(19)25-34-26-16)17(32)23-20-6-10-2-4-11(5-3-10)33-7-13(30)31/h2-6,9H,7-8H2,1H3,(H4,19,23,25,30,31,32). The van der Waals surface area contributed by atoms with Crippen molar-refractivity contribution in [3.63, 3.8) is 0 Å². The number of carboxylic acid groups (broad SMARTS) is 1. The average molecular weight is 499 g/mol. The van der Waals surface area contributed by atoms with Crippen molar-refractivity contribution in [2.24, 2.45) is 12.1 Å². The number of hydrogen-bond donors (Lipinski definition) is 3. The predicted molar refractivity (Wildman–Crippen MR) is 115 cm³/mol. The summed E-state index contributed by atoms with van der Waals surface area (Å²) >= 11 is 1.31. The van der Waals surface area contributed by atoms with Gasteiger partial charge in [0.2, 0.25) is 0 Å². The van der Waals surface area contributed by atoms with E-state index in [4.69, 9.17) is 10.5 Å². The van der Waals surface area contributed by atoms with Gasteiger partial charge < -0.3 is 24.9 Å². The number of rotatable bonds is 10. The first kappa shape index (κ1) is 23.4. The highest BCUT2D eigenvalue weighted by Gasteiger charge is 2.30. The van der Waals surface area contributed by atoms with E-state index in [1.165, 1.54) is 22.7 Å². The molecule has 0 saturated heterocycles. The molecule has 0 aliphatic carbocycles. The number of anilines is 1. The molecule has 0 fully saturated rings. The lowest BCUT2D eigenvalue weighted by molar-refractivity contribution is -0.669. The second-order valence-corrected chi connectivity index (χ2v) is 7.70. The molecule has 0 bridgehead atoms. The van der Waals surface area contributed by atoms with Crippen molar-refractivity contribution in [2.45, 2.75) is 10.9 Å². The number of aryl methyl sites for hydroxylation is 1. The van der Waals surface area contributed by atoms with Crippen molar-refractivity contribution in [2.75, 3.05) is 12.3 Å². The van der Waals surface area contributed by atoms with Crippen LogP contribution in [-0.4, -0.2) is 60.1 Å². The Bertz CT molecular complexity index is 1360. The Labute approximate surface area is 200 Å². The van der Waals surface area contributed by atoms with Crippen molar-refractivity contribution in [1.29, 1.82) is 0 Å². The SMILES string of the molecule is Cn1cnnc1SCc1c(C(=O)NN=Cc2ccc(OCC(=O)[O-])cc2)n[nH][n+]1-c1nonc1N. The number of carbonyl (C=O) groups excluding carboxylic acids is 2. The fourth-order valence-electron chi connectivity index (χ4n) is 2.71. The van der Waals surface area contributed by atoms with Crippen LogP contribution in [0.2, 0.25) is 0 Å². The molecule has 180 valence electrons. The molecular formula is C18H17N11O5S. The highest BCUT2D eigenvalue weighted by atomic mass is 32.2. The van der Waals surface area contributed by atoms with Gasteiger partial charge in [0.15, 0.2) is 10.9 Å². The van der Waals surface area contributed by atoms with Crippen molar-refractivity contribution < 1.29 is 28.7 Å². The minimum absolute atomic E-state index is 0.000538. The van der Waals surface area contributed by atoms with E-state index in [-0.39, 0.29) is 23.1 Å². The fraction of sp³-hybridized carbons (Fsp3) is 0.167. The van der Waals surface area contributed by atoms with Crippen LogP contribution in [0.1, 0.15) is 21.7 Å². The number of aromatic amines is 1. The number of benzene rings is 1. The lowest BCUT2D eigenvalue weighted by Gasteiger charge is -2.06. The Morgan fingerprint density at radius 1 is 1.37 bits per heavy atom. The number of aromatic nitrogens is 8. The molecule has 35 heavy (non-hydrogen) atoms. The molecule has 1 aromatic carbocycles. The Hall–Kier alpha value is -4.80. The van der Waals surface area contributed by atoms with Crippen molar-refractivity contribution >= 4 is 35.7 Å². The Balaban J connectivity index is 1.48. The maximum absolute atomic E-state index is 12.8. The number of amides is 1. The highest BCUT2D eigenvalue weighted by Crippen LogP contribution is 2.20. The lowest BCUT2D eigenvalue weighted by Crippen LogP contribution is -2.38. The highest BCUT2D eigenvalue weighted by molar-refractivity contribution is 7.98. The summed E-state index contributed by atoms with van der Waals surface area (Å²) in [6.07, 6.45) is 2.95. The van der Waals surface area contributed by atoms with Gasteiger partial charge in [-0.1, -0.05) is 11.8 Å². The van der Waals surface area contributed by atoms with E-state index in [1.807, 2.05) is 0 Å². The van der Waals surface area contributed by atoms with Crippen LogP contribution >= 0.6 is 11.8 Å². The zero-order valence-corrected chi connectivity index (χ0v) is 18.8. The summed E-state index contributed by atoms with van der Waals surface area (Å²) in [7, 11) is 1.79. The maximum Gasteiger partial charge on any atom is 0.377 e. The van der Waals surface area contributed by atoms with E-state index in [2.05, 4.69) is 46.0 Å². The summed E-state index contributed by atoms with van der Waals surface area (Å²) in [5.74, 6) is -1.20. The van der Waals surface area contributed by atoms with Crippen LogP contribution in [0.25, 0.3) is 5.82 Å². The van der Waals surface area contributed by atoms with Gasteiger partial charge in [-0.15, -0.1) is 20.1 Å². The van der Waals surface area contributed by atoms with E-state index in [1.54, 1.807) is 42.2 Å². The maximum atomic E-state index is 12.8. The normalized spacial score (nSPS) is 11.1. The Morgan fingerprint density at radius 3 is 2.83 bits per heavy atom. The van der Waals surface area contributed by atoms with Crippen LogP contribution in [-0.2, 0) is 17.6 Å². The minimum atomic E-state index is -1.32. The number of nitrogens with zero attached hydrogens (tertiary/aromatic N) is 8. The number of carbonyl (C=O) groups is 2. The Kier molecular flexibility index (Phi) is 6.96. The van der Waals surface area contributed by atoms with Crippen LogP contribution < -0.4 is 25.7 Å². The van der Waals surface area contributed by atoms with Gasteiger partial charge in [0.25, 0.3) is 11.5 Å². The van der Waals surface area contributed by atoms with Crippen molar-refractivity contribution in [3.05, 3.63) is 47.5 Å². The van der Waals surface area contributed by atoms with Gasteiger partial charge in [-0.05, 0) is 40.1 Å². The lowest BCUT2D eigenvalue weighted by atomic mass is 10.2. The number of carboxylic acids is 1. The molecule has 4 rings (SSSR count). The number of nitrogen functional groups attached to an aromatic ring is 1. The number of hydrazone groups is 1. The molecule has 0 unspecified atom stereocenters. The Morgan fingerprint density at radius 2 is 2.17 bits per heavy atom. The second-order valence-electron chi connectivity index (χ2n) is 6.76. The van der Waals surface area contributed by atoms with E-state index in [0.717, 1.165) is 0 Å². The quantitative estimate of drug-likeness (QED) is 0.0930. The van der Waals surface area contributed by atoms with Gasteiger partial charge in [-0.2, -0.15) is 9.73 Å². The monoisotopic (exact) mass is 499 g/mol. The van der Waals surface area contributed by atoms with Gasteiger partial charge in [-0.3, -0.25) is 4.79 Å². The molecule has 0 spiro atoms. The third kappa shape index (κ3) is 5.58. The topological polar surface area (TPSA) is 219 Å². The van der Waals surface area contributed by atoms with Gasteiger partial charge >= 0.3 is 11.7 Å². The summed E-state index contributed by atoms with van der Waals surface area (Å²) in [6.45, 7) is -0.555. The number of hydrogen-bond acceptors (Lipinski definition) is 13. The number of nitrogens with two attached hydrogens (primary N) is 1. The summed E-state index contributed by atoms with van der Waals surface area (Å²) in [6, 6.07) is 6.37. The van der Waals surface area contributed by atoms with Crippen LogP contribution in [0.5, 0.6) is 5.75 Å². The van der Waals surface area contributed by atoms with Crippen LogP contribution in [0.15, 0.2) is 45.5 Å². The summed E-state index contributed by atoms with van der Waals surface area (Å²) in [5.41, 5.74) is 9.27. The average Bonchev–Trinajstić information content (AvgIpc) is 3.56. The van der Waals surface area contributed by atoms with Gasteiger partial charge in [-0.25, -0.2) is 5.43 Å². The van der Waals surface area contributed by atoms with E-state index in [0.29, 0.717) is 22.2 Å². The zero-order chi connectivity index (χ0) is 24.8. The molecule has 3 heterocycles. The van der Waals surface area contributed by atoms with Crippen LogP contribution in [0.4, 0.5) is 5.82 Å². The van der Waals surface area contributed by atoms with Crippen molar-refractivity contribution in [1.82, 2.24) is 40.8 Å². The molecule has 4 aromatic rings. The third-order valence-electron chi connectivity index (χ3n) is 4.35. The number of nitrogens with one attached hydrogen (secondary N) is 2. The smallest absolute Gasteiger partial charge is 0.377 e. The summed E-state index contributed by atoms with van der Waals surface area (Å²) < 4.78 is 12.8. The first-order valence-electron chi connectivity index (χ1n) is 9.73. The van der Waals surface area contributed by atoms with Gasteiger partial charge in [0.05, 0.1) is 17.9 Å². The summed E-state index contributed by atoms with van der Waals surface area (Å²) in [4.78, 5) is 23.3. The molecule has 17 heteroatoms. The molecule has 1 amide bonds. The molecule has 0 aliphatic heterocycles. The van der Waals surface area contributed by atoms with E-state index >= 15 is 0 Å². The number of ether oxygens (including phenoxy) is 1. The zero-order valence-electron chi connectivity index (χ0n) is 18.0. The van der Waals surface area contributed by atoms with E-state index < -0.39 is 18.5 Å². The van der Waals surface area contributed by atoms with Gasteiger partial charge in [0.1, 0.15) is 23.8 Å². The number of aliphatic carboxylic acids is 1. The minimum Gasteiger partial charge on any atom is -0.546 e. The molecule has 0 atom stereocenters. The molecule has 0 saturated carbocycles. The number of H-pyrrole nitrogens is 1. The molecule has 0 radical (unpaired) electrons. The van der Waals surface area contributed by atoms with Crippen LogP contribution in [0, 0.1) is 0 Å². The molecular weight excluding hydrogens is 482 g/mol. The molecule has 16 nitrogen and oxygen atoms in total. The number of thioether (sulfide) groups is 1. The summed E-state index contributed by atoms with van der Waals surface area (Å²) in [5, 5.41) is 36.9. The third-order valence-corrected chi connectivity index (χ3v) is 5.40. The predicted octanol–water partition coefficient (Wildman–Crippen LogP) is -2.03. The molecule has 4 N–H and O–H groups in total. The largest absolute Gasteiger partial charge is 0.546 e. The fourth-order valence-corrected chi connectivity index (χ4v) is 3.60.